The molecule has 1 atom stereocenters. The fourth-order valence-electron chi connectivity index (χ4n) is 2.26. The first-order chi connectivity index (χ1) is 10.9. The van der Waals surface area contributed by atoms with E-state index in [-0.39, 0.29) is 12.3 Å². The van der Waals surface area contributed by atoms with Crippen molar-refractivity contribution >= 4 is 10.0 Å². The highest BCUT2D eigenvalue weighted by Crippen LogP contribution is 2.14. The topological polar surface area (TPSA) is 66.4 Å². The number of aliphatic hydroxyl groups is 1. The molecule has 0 heterocycles. The van der Waals surface area contributed by atoms with Gasteiger partial charge < -0.3 is 5.11 Å². The van der Waals surface area contributed by atoms with Gasteiger partial charge >= 0.3 is 0 Å². The Morgan fingerprint density at radius 3 is 2.04 bits per heavy atom. The molecule has 0 aliphatic rings. The number of rotatable bonds is 8. The zero-order valence-electron chi connectivity index (χ0n) is 13.3. The van der Waals surface area contributed by atoms with E-state index >= 15 is 0 Å². The second kappa shape index (κ2) is 7.73. The van der Waals surface area contributed by atoms with Crippen LogP contribution < -0.4 is 4.72 Å². The van der Waals surface area contributed by atoms with Crippen molar-refractivity contribution in [3.63, 3.8) is 0 Å². The Kier molecular flexibility index (Phi) is 5.93. The molecule has 4 nitrogen and oxygen atoms in total. The van der Waals surface area contributed by atoms with Gasteiger partial charge in [-0.05, 0) is 30.9 Å². The summed E-state index contributed by atoms with van der Waals surface area (Å²) in [5, 5.41) is 10.4. The number of nitrogens with one attached hydrogen (secondary N) is 1. The molecule has 1 unspecified atom stereocenters. The van der Waals surface area contributed by atoms with E-state index < -0.39 is 15.6 Å². The average molecular weight is 333 g/mol. The minimum atomic E-state index is -3.46. The standard InChI is InChI=1S/C18H23NO3S/c1-18(20,13-12-16-8-4-2-5-9-16)15-19-23(21,22)14-17-10-6-3-7-11-17/h2-11,19-20H,12-15H2,1H3. The molecule has 2 aromatic carbocycles. The Morgan fingerprint density at radius 1 is 0.957 bits per heavy atom. The van der Waals surface area contributed by atoms with Crippen LogP contribution in [-0.4, -0.2) is 25.7 Å². The summed E-state index contributed by atoms with van der Waals surface area (Å²) < 4.78 is 26.7. The highest BCUT2D eigenvalue weighted by atomic mass is 32.2. The van der Waals surface area contributed by atoms with Crippen molar-refractivity contribution < 1.29 is 13.5 Å². The van der Waals surface area contributed by atoms with Crippen molar-refractivity contribution in [1.29, 1.82) is 0 Å². The van der Waals surface area contributed by atoms with Gasteiger partial charge in [0.2, 0.25) is 10.0 Å². The van der Waals surface area contributed by atoms with Crippen molar-refractivity contribution in [3.05, 3.63) is 71.8 Å². The summed E-state index contributed by atoms with van der Waals surface area (Å²) in [6.07, 6.45) is 1.19. The Balaban J connectivity index is 1.85. The Labute approximate surface area is 138 Å². The van der Waals surface area contributed by atoms with Gasteiger partial charge in [0.25, 0.3) is 0 Å². The molecule has 0 aliphatic heterocycles. The molecule has 0 aliphatic carbocycles. The van der Waals surface area contributed by atoms with Gasteiger partial charge in [-0.25, -0.2) is 13.1 Å². The van der Waals surface area contributed by atoms with Crippen molar-refractivity contribution in [1.82, 2.24) is 4.72 Å². The third-order valence-corrected chi connectivity index (χ3v) is 4.97. The highest BCUT2D eigenvalue weighted by Gasteiger charge is 2.23. The van der Waals surface area contributed by atoms with Crippen molar-refractivity contribution in [3.8, 4) is 0 Å². The number of hydrogen-bond acceptors (Lipinski definition) is 3. The third kappa shape index (κ3) is 6.52. The van der Waals surface area contributed by atoms with Crippen molar-refractivity contribution in [2.24, 2.45) is 0 Å². The predicted molar refractivity (Wildman–Crippen MR) is 92.5 cm³/mol. The van der Waals surface area contributed by atoms with Crippen LogP contribution in [0.1, 0.15) is 24.5 Å². The van der Waals surface area contributed by atoms with Crippen molar-refractivity contribution in [2.45, 2.75) is 31.1 Å². The summed E-state index contributed by atoms with van der Waals surface area (Å²) in [6, 6.07) is 18.8. The third-order valence-electron chi connectivity index (χ3n) is 3.67. The van der Waals surface area contributed by atoms with E-state index in [2.05, 4.69) is 4.72 Å². The molecule has 0 amide bonds. The normalized spacial score (nSPS) is 14.3. The van der Waals surface area contributed by atoms with Crippen LogP contribution in [0.3, 0.4) is 0 Å². The molecule has 0 aromatic heterocycles. The fourth-order valence-corrected chi connectivity index (χ4v) is 3.52. The highest BCUT2D eigenvalue weighted by molar-refractivity contribution is 7.88. The first-order valence-electron chi connectivity index (χ1n) is 7.64. The zero-order chi connectivity index (χ0) is 16.8. The summed E-state index contributed by atoms with van der Waals surface area (Å²) in [5.74, 6) is -0.0807. The van der Waals surface area contributed by atoms with Crippen LogP contribution in [0.2, 0.25) is 0 Å². The lowest BCUT2D eigenvalue weighted by Gasteiger charge is -2.23. The Morgan fingerprint density at radius 2 is 1.48 bits per heavy atom. The van der Waals surface area contributed by atoms with Crippen LogP contribution in [0, 0.1) is 0 Å². The molecular formula is C18H23NO3S. The van der Waals surface area contributed by atoms with E-state index in [1.807, 2.05) is 36.4 Å². The predicted octanol–water partition coefficient (Wildman–Crippen LogP) is 2.49. The molecule has 23 heavy (non-hydrogen) atoms. The SMILES string of the molecule is CC(O)(CCc1ccccc1)CNS(=O)(=O)Cc1ccccc1. The summed E-state index contributed by atoms with van der Waals surface area (Å²) in [6.45, 7) is 1.66. The maximum Gasteiger partial charge on any atom is 0.215 e. The molecule has 0 saturated heterocycles. The molecule has 0 bridgehead atoms. The maximum absolute atomic E-state index is 12.1. The van der Waals surface area contributed by atoms with Gasteiger partial charge in [-0.2, -0.15) is 0 Å². The minimum absolute atomic E-state index is 0.00893. The first-order valence-corrected chi connectivity index (χ1v) is 9.29. The molecule has 124 valence electrons. The monoisotopic (exact) mass is 333 g/mol. The van der Waals surface area contributed by atoms with E-state index in [1.165, 1.54) is 0 Å². The van der Waals surface area contributed by atoms with E-state index in [0.29, 0.717) is 12.8 Å². The summed E-state index contributed by atoms with van der Waals surface area (Å²) in [5.41, 5.74) is 0.767. The molecule has 0 saturated carbocycles. The molecule has 0 fully saturated rings. The molecule has 0 radical (unpaired) electrons. The number of aryl methyl sites for hydroxylation is 1. The van der Waals surface area contributed by atoms with E-state index in [0.717, 1.165) is 11.1 Å². The van der Waals surface area contributed by atoms with Gasteiger partial charge in [0, 0.05) is 6.54 Å². The van der Waals surface area contributed by atoms with Crippen molar-refractivity contribution in [2.75, 3.05) is 6.54 Å². The zero-order valence-corrected chi connectivity index (χ0v) is 14.1. The lowest BCUT2D eigenvalue weighted by molar-refractivity contribution is 0.0565. The summed E-state index contributed by atoms with van der Waals surface area (Å²) in [7, 11) is -3.46. The lowest BCUT2D eigenvalue weighted by atomic mass is 9.97. The fraction of sp³-hybridized carbons (Fsp3) is 0.333. The van der Waals surface area contributed by atoms with Crippen LogP contribution in [0.5, 0.6) is 0 Å². The van der Waals surface area contributed by atoms with Gasteiger partial charge in [0.05, 0.1) is 11.4 Å². The number of benzene rings is 2. The minimum Gasteiger partial charge on any atom is -0.389 e. The van der Waals surface area contributed by atoms with Gasteiger partial charge in [-0.15, -0.1) is 0 Å². The molecule has 2 aromatic rings. The molecule has 0 spiro atoms. The van der Waals surface area contributed by atoms with Crippen LogP contribution >= 0.6 is 0 Å². The number of hydrogen-bond donors (Lipinski definition) is 2. The average Bonchev–Trinajstić information content (AvgIpc) is 2.53. The summed E-state index contributed by atoms with van der Waals surface area (Å²) in [4.78, 5) is 0. The maximum atomic E-state index is 12.1. The smallest absolute Gasteiger partial charge is 0.215 e. The van der Waals surface area contributed by atoms with Gasteiger partial charge in [0.15, 0.2) is 0 Å². The molecular weight excluding hydrogens is 310 g/mol. The number of sulfonamides is 1. The molecule has 2 N–H and O–H groups in total. The molecule has 2 rings (SSSR count). The second-order valence-electron chi connectivity index (χ2n) is 6.05. The summed E-state index contributed by atoms with van der Waals surface area (Å²) >= 11 is 0. The largest absolute Gasteiger partial charge is 0.389 e. The van der Waals surface area contributed by atoms with Crippen LogP contribution in [0.15, 0.2) is 60.7 Å². The van der Waals surface area contributed by atoms with E-state index in [9.17, 15) is 13.5 Å². The first kappa shape index (κ1) is 17.7. The van der Waals surface area contributed by atoms with Gasteiger partial charge in [0.1, 0.15) is 0 Å². The Bertz CT molecular complexity index is 698. The van der Waals surface area contributed by atoms with Gasteiger partial charge in [-0.3, -0.25) is 0 Å². The quantitative estimate of drug-likeness (QED) is 0.780. The Hall–Kier alpha value is -1.69. The molecule has 5 heteroatoms. The lowest BCUT2D eigenvalue weighted by Crippen LogP contribution is -2.41. The second-order valence-corrected chi connectivity index (χ2v) is 7.86. The van der Waals surface area contributed by atoms with E-state index in [1.54, 1.807) is 31.2 Å². The van der Waals surface area contributed by atoms with Crippen LogP contribution in [0.25, 0.3) is 0 Å². The van der Waals surface area contributed by atoms with Crippen LogP contribution in [-0.2, 0) is 22.2 Å². The van der Waals surface area contributed by atoms with Crippen LogP contribution in [0.4, 0.5) is 0 Å². The van der Waals surface area contributed by atoms with Gasteiger partial charge in [-0.1, -0.05) is 60.7 Å². The van der Waals surface area contributed by atoms with E-state index in [4.69, 9.17) is 0 Å².